The zero-order valence-electron chi connectivity index (χ0n) is 7.67. The minimum absolute atomic E-state index is 1.02. The lowest BCUT2D eigenvalue weighted by molar-refractivity contribution is 1.20. The maximum Gasteiger partial charge on any atom is 0.0468 e. The van der Waals surface area contributed by atoms with Gasteiger partial charge in [-0.25, -0.2) is 0 Å². The number of aromatic amines is 1. The Morgan fingerprint density at radius 3 is 3.00 bits per heavy atom. The standard InChI is InChI=1S/C12H12N/c1-2-3-7-11-9-10-6-4-5-8-12(10)13-11/h3-6,8-9,13H,2H2,1H3. The maximum absolute atomic E-state index is 3.29. The van der Waals surface area contributed by atoms with Gasteiger partial charge in [-0.3, -0.25) is 0 Å². The Balaban J connectivity index is 2.44. The van der Waals surface area contributed by atoms with Gasteiger partial charge in [0, 0.05) is 22.7 Å². The van der Waals surface area contributed by atoms with E-state index in [1.54, 1.807) is 0 Å². The van der Waals surface area contributed by atoms with Crippen molar-refractivity contribution in [1.82, 2.24) is 4.98 Å². The normalized spacial score (nSPS) is 11.5. The van der Waals surface area contributed by atoms with Crippen LogP contribution in [0.15, 0.2) is 36.4 Å². The van der Waals surface area contributed by atoms with Gasteiger partial charge in [-0.2, -0.15) is 0 Å². The first-order valence-electron chi connectivity index (χ1n) is 4.56. The summed E-state index contributed by atoms with van der Waals surface area (Å²) in [6, 6.07) is 10.4. The summed E-state index contributed by atoms with van der Waals surface area (Å²) in [4.78, 5) is 3.29. The van der Waals surface area contributed by atoms with E-state index in [2.05, 4.69) is 36.2 Å². The number of fused-ring (bicyclic) bond motifs is 1. The number of H-pyrrole nitrogens is 1. The van der Waals surface area contributed by atoms with Crippen molar-refractivity contribution in [1.29, 1.82) is 0 Å². The molecule has 0 fully saturated rings. The lowest BCUT2D eigenvalue weighted by Gasteiger charge is -1.84. The van der Waals surface area contributed by atoms with E-state index >= 15 is 0 Å². The van der Waals surface area contributed by atoms with Crippen LogP contribution < -0.4 is 0 Å². The molecule has 1 heterocycles. The van der Waals surface area contributed by atoms with Gasteiger partial charge in [-0.1, -0.05) is 31.2 Å². The highest BCUT2D eigenvalue weighted by Crippen LogP contribution is 2.14. The molecule has 0 aliphatic carbocycles. The number of rotatable bonds is 2. The molecule has 2 aromatic rings. The molecule has 1 aromatic heterocycles. The Labute approximate surface area is 78.1 Å². The Bertz CT molecular complexity index is 390. The van der Waals surface area contributed by atoms with Gasteiger partial charge >= 0.3 is 0 Å². The van der Waals surface area contributed by atoms with E-state index in [1.165, 1.54) is 10.9 Å². The fourth-order valence-corrected chi connectivity index (χ4v) is 1.36. The SMILES string of the molecule is CC/C=[C]\c1cc2ccccc2[nH]1. The third-order valence-electron chi connectivity index (χ3n) is 1.99. The molecule has 0 atom stereocenters. The molecule has 2 rings (SSSR count). The molecule has 0 spiro atoms. The predicted octanol–water partition coefficient (Wildman–Crippen LogP) is 3.29. The molecule has 0 saturated heterocycles. The van der Waals surface area contributed by atoms with Crippen molar-refractivity contribution in [2.45, 2.75) is 13.3 Å². The summed E-state index contributed by atoms with van der Waals surface area (Å²) in [6.45, 7) is 2.11. The van der Waals surface area contributed by atoms with Crippen LogP contribution in [0.25, 0.3) is 10.9 Å². The van der Waals surface area contributed by atoms with Gasteiger partial charge in [-0.15, -0.1) is 0 Å². The zero-order chi connectivity index (χ0) is 9.10. The molecule has 1 nitrogen and oxygen atoms in total. The smallest absolute Gasteiger partial charge is 0.0468 e. The molecule has 13 heavy (non-hydrogen) atoms. The number of nitrogens with one attached hydrogen (secondary N) is 1. The van der Waals surface area contributed by atoms with Crippen molar-refractivity contribution in [2.75, 3.05) is 0 Å². The second-order valence-electron chi connectivity index (χ2n) is 3.03. The van der Waals surface area contributed by atoms with E-state index in [0.29, 0.717) is 0 Å². The molecule has 0 aliphatic rings. The molecule has 65 valence electrons. The van der Waals surface area contributed by atoms with Crippen LogP contribution >= 0.6 is 0 Å². The van der Waals surface area contributed by atoms with Crippen LogP contribution in [0.4, 0.5) is 0 Å². The molecular formula is C12H12N. The monoisotopic (exact) mass is 170 g/mol. The van der Waals surface area contributed by atoms with Gasteiger partial charge in [0.2, 0.25) is 0 Å². The molecule has 1 heteroatoms. The first-order chi connectivity index (χ1) is 6.40. The number of para-hydroxylation sites is 1. The molecule has 0 saturated carbocycles. The van der Waals surface area contributed by atoms with E-state index in [0.717, 1.165) is 12.1 Å². The van der Waals surface area contributed by atoms with Gasteiger partial charge < -0.3 is 4.98 Å². The summed E-state index contributed by atoms with van der Waals surface area (Å²) in [5.41, 5.74) is 2.23. The highest BCUT2D eigenvalue weighted by Gasteiger charge is 1.95. The molecule has 1 radical (unpaired) electrons. The summed E-state index contributed by atoms with van der Waals surface area (Å²) in [6.07, 6.45) is 6.26. The molecule has 0 amide bonds. The van der Waals surface area contributed by atoms with Crippen molar-refractivity contribution in [3.05, 3.63) is 48.2 Å². The third-order valence-corrected chi connectivity index (χ3v) is 1.99. The highest BCUT2D eigenvalue weighted by molar-refractivity contribution is 5.80. The van der Waals surface area contributed by atoms with Crippen molar-refractivity contribution < 1.29 is 0 Å². The lowest BCUT2D eigenvalue weighted by Crippen LogP contribution is -1.70. The molecular weight excluding hydrogens is 158 g/mol. The largest absolute Gasteiger partial charge is 0.355 e. The van der Waals surface area contributed by atoms with Crippen molar-refractivity contribution >= 4 is 10.9 Å². The average molecular weight is 170 g/mol. The average Bonchev–Trinajstić information content (AvgIpc) is 2.57. The van der Waals surface area contributed by atoms with Gasteiger partial charge in [0.05, 0.1) is 0 Å². The fourth-order valence-electron chi connectivity index (χ4n) is 1.36. The summed E-state index contributed by atoms with van der Waals surface area (Å²) in [5, 5.41) is 1.24. The quantitative estimate of drug-likeness (QED) is 0.711. The Morgan fingerprint density at radius 1 is 1.38 bits per heavy atom. The van der Waals surface area contributed by atoms with Crippen molar-refractivity contribution in [3.63, 3.8) is 0 Å². The van der Waals surface area contributed by atoms with E-state index in [4.69, 9.17) is 0 Å². The Hall–Kier alpha value is -1.50. The van der Waals surface area contributed by atoms with E-state index in [-0.39, 0.29) is 0 Å². The van der Waals surface area contributed by atoms with Gasteiger partial charge in [0.15, 0.2) is 0 Å². The number of hydrogen-bond donors (Lipinski definition) is 1. The zero-order valence-corrected chi connectivity index (χ0v) is 7.67. The topological polar surface area (TPSA) is 15.8 Å². The minimum atomic E-state index is 1.02. The number of benzene rings is 1. The highest BCUT2D eigenvalue weighted by atomic mass is 14.7. The van der Waals surface area contributed by atoms with E-state index < -0.39 is 0 Å². The number of hydrogen-bond acceptors (Lipinski definition) is 0. The maximum atomic E-state index is 3.29. The van der Waals surface area contributed by atoms with E-state index in [9.17, 15) is 0 Å². The summed E-state index contributed by atoms with van der Waals surface area (Å²) < 4.78 is 0. The van der Waals surface area contributed by atoms with Crippen LogP contribution in [0.5, 0.6) is 0 Å². The van der Waals surface area contributed by atoms with Crippen molar-refractivity contribution in [3.8, 4) is 0 Å². The second-order valence-corrected chi connectivity index (χ2v) is 3.03. The molecule has 0 aliphatic heterocycles. The molecule has 1 aromatic carbocycles. The molecule has 0 unspecified atom stereocenters. The van der Waals surface area contributed by atoms with Crippen LogP contribution in [-0.4, -0.2) is 4.98 Å². The van der Waals surface area contributed by atoms with Crippen LogP contribution in [0.3, 0.4) is 0 Å². The Kier molecular flexibility index (Phi) is 2.17. The van der Waals surface area contributed by atoms with Crippen LogP contribution in [0, 0.1) is 6.08 Å². The van der Waals surface area contributed by atoms with Gasteiger partial charge in [-0.05, 0) is 18.6 Å². The van der Waals surface area contributed by atoms with Gasteiger partial charge in [0.1, 0.15) is 0 Å². The first kappa shape index (κ1) is 8.11. The van der Waals surface area contributed by atoms with Crippen molar-refractivity contribution in [2.24, 2.45) is 0 Å². The second kappa shape index (κ2) is 3.48. The third kappa shape index (κ3) is 1.64. The molecule has 1 N–H and O–H groups in total. The number of allylic oxidation sites excluding steroid dienone is 1. The molecule has 0 bridgehead atoms. The predicted molar refractivity (Wildman–Crippen MR) is 55.5 cm³/mol. The summed E-state index contributed by atoms with van der Waals surface area (Å²) >= 11 is 0. The lowest BCUT2D eigenvalue weighted by atomic mass is 10.2. The van der Waals surface area contributed by atoms with Gasteiger partial charge in [0.25, 0.3) is 0 Å². The van der Waals surface area contributed by atoms with Crippen LogP contribution in [-0.2, 0) is 0 Å². The minimum Gasteiger partial charge on any atom is -0.355 e. The van der Waals surface area contributed by atoms with Crippen LogP contribution in [0.1, 0.15) is 19.0 Å². The Morgan fingerprint density at radius 2 is 2.23 bits per heavy atom. The first-order valence-corrected chi connectivity index (χ1v) is 4.56. The number of aromatic nitrogens is 1. The summed E-state index contributed by atoms with van der Waals surface area (Å²) in [7, 11) is 0. The van der Waals surface area contributed by atoms with E-state index in [1.807, 2.05) is 18.2 Å². The van der Waals surface area contributed by atoms with Crippen LogP contribution in [0.2, 0.25) is 0 Å². The summed E-state index contributed by atoms with van der Waals surface area (Å²) in [5.74, 6) is 0. The fraction of sp³-hybridized carbons (Fsp3) is 0.167.